The number of carboxylic acids is 1. The molecule has 2 rings (SSSR count). The van der Waals surface area contributed by atoms with E-state index in [4.69, 9.17) is 5.11 Å². The number of aromatic nitrogens is 2. The Bertz CT molecular complexity index is 549. The van der Waals surface area contributed by atoms with Crippen LogP contribution in [-0.4, -0.2) is 21.3 Å². The van der Waals surface area contributed by atoms with E-state index >= 15 is 0 Å². The molecule has 0 saturated heterocycles. The molecule has 1 aromatic carbocycles. The number of aromatic carboxylic acids is 1. The van der Waals surface area contributed by atoms with E-state index in [1.54, 1.807) is 6.92 Å². The highest BCUT2D eigenvalue weighted by atomic mass is 127. The molecule has 0 radical (unpaired) electrons. The lowest BCUT2D eigenvalue weighted by Gasteiger charge is -1.99. The smallest absolute Gasteiger partial charge is 0.354 e. The minimum Gasteiger partial charge on any atom is -0.477 e. The molecule has 1 aromatic heterocycles. The lowest BCUT2D eigenvalue weighted by Crippen LogP contribution is -1.98. The Hall–Kier alpha value is -1.37. The minimum atomic E-state index is -0.984. The Labute approximate surface area is 106 Å². The molecule has 16 heavy (non-hydrogen) atoms. The van der Waals surface area contributed by atoms with E-state index in [9.17, 15) is 4.79 Å². The van der Waals surface area contributed by atoms with Crippen LogP contribution in [0.25, 0.3) is 11.3 Å². The van der Waals surface area contributed by atoms with Gasteiger partial charge in [-0.1, -0.05) is 12.1 Å². The van der Waals surface area contributed by atoms with Gasteiger partial charge in [0.25, 0.3) is 0 Å². The maximum atomic E-state index is 10.9. The minimum absolute atomic E-state index is 0.147. The first-order valence-electron chi connectivity index (χ1n) is 4.64. The Morgan fingerprint density at radius 1 is 1.50 bits per heavy atom. The lowest BCUT2D eigenvalue weighted by atomic mass is 10.1. The van der Waals surface area contributed by atoms with E-state index in [0.29, 0.717) is 11.3 Å². The lowest BCUT2D eigenvalue weighted by molar-refractivity contribution is 0.0689. The van der Waals surface area contributed by atoms with Gasteiger partial charge in [-0.3, -0.25) is 5.10 Å². The van der Waals surface area contributed by atoms with Crippen LogP contribution >= 0.6 is 22.6 Å². The summed E-state index contributed by atoms with van der Waals surface area (Å²) in [5.74, 6) is -0.984. The SMILES string of the molecule is Cc1c(-c2cccc(I)c2)n[nH]c1C(=O)O. The molecule has 0 saturated carbocycles. The van der Waals surface area contributed by atoms with Gasteiger partial charge in [0.15, 0.2) is 0 Å². The summed E-state index contributed by atoms with van der Waals surface area (Å²) in [6.45, 7) is 1.75. The summed E-state index contributed by atoms with van der Waals surface area (Å²) < 4.78 is 1.09. The second kappa shape index (κ2) is 4.25. The number of carbonyl (C=O) groups is 1. The van der Waals surface area contributed by atoms with E-state index in [0.717, 1.165) is 9.13 Å². The van der Waals surface area contributed by atoms with Gasteiger partial charge < -0.3 is 5.11 Å². The molecule has 2 N–H and O–H groups in total. The molecule has 0 amide bonds. The fourth-order valence-corrected chi connectivity index (χ4v) is 2.07. The average Bonchev–Trinajstić information content (AvgIpc) is 2.60. The van der Waals surface area contributed by atoms with E-state index in [-0.39, 0.29) is 5.69 Å². The molecule has 1 heterocycles. The van der Waals surface area contributed by atoms with Crippen molar-refractivity contribution in [1.29, 1.82) is 0 Å². The van der Waals surface area contributed by atoms with E-state index in [1.807, 2.05) is 24.3 Å². The summed E-state index contributed by atoms with van der Waals surface area (Å²) >= 11 is 2.21. The zero-order chi connectivity index (χ0) is 11.7. The maximum absolute atomic E-state index is 10.9. The van der Waals surface area contributed by atoms with Crippen LogP contribution in [0.2, 0.25) is 0 Å². The van der Waals surface area contributed by atoms with Crippen LogP contribution in [0.4, 0.5) is 0 Å². The fraction of sp³-hybridized carbons (Fsp3) is 0.0909. The van der Waals surface area contributed by atoms with E-state index < -0.39 is 5.97 Å². The molecule has 0 unspecified atom stereocenters. The summed E-state index contributed by atoms with van der Waals surface area (Å²) in [5.41, 5.74) is 2.42. The van der Waals surface area contributed by atoms with Crippen molar-refractivity contribution in [2.75, 3.05) is 0 Å². The number of H-pyrrole nitrogens is 1. The van der Waals surface area contributed by atoms with Crippen LogP contribution in [0.3, 0.4) is 0 Å². The van der Waals surface area contributed by atoms with Crippen molar-refractivity contribution in [1.82, 2.24) is 10.2 Å². The number of hydrogen-bond donors (Lipinski definition) is 2. The van der Waals surface area contributed by atoms with Gasteiger partial charge in [0.05, 0.1) is 5.69 Å². The van der Waals surface area contributed by atoms with Gasteiger partial charge in [0, 0.05) is 14.7 Å². The molecule has 0 aliphatic rings. The number of aromatic amines is 1. The van der Waals surface area contributed by atoms with Crippen LogP contribution in [0.1, 0.15) is 16.1 Å². The molecular weight excluding hydrogens is 319 g/mol. The standard InChI is InChI=1S/C11H9IN2O2/c1-6-9(13-14-10(6)11(15)16)7-3-2-4-8(12)5-7/h2-5H,1H3,(H,13,14)(H,15,16). The van der Waals surface area contributed by atoms with Gasteiger partial charge in [0.2, 0.25) is 0 Å². The topological polar surface area (TPSA) is 66.0 Å². The van der Waals surface area contributed by atoms with Gasteiger partial charge in [-0.25, -0.2) is 4.79 Å². The molecule has 2 aromatic rings. The van der Waals surface area contributed by atoms with Crippen molar-refractivity contribution in [3.05, 3.63) is 39.1 Å². The highest BCUT2D eigenvalue weighted by Crippen LogP contribution is 2.24. The first-order chi connectivity index (χ1) is 7.59. The van der Waals surface area contributed by atoms with Crippen LogP contribution in [0, 0.1) is 10.5 Å². The third-order valence-electron chi connectivity index (χ3n) is 2.32. The highest BCUT2D eigenvalue weighted by Gasteiger charge is 2.15. The number of nitrogens with zero attached hydrogens (tertiary/aromatic N) is 1. The third kappa shape index (κ3) is 1.95. The maximum Gasteiger partial charge on any atom is 0.354 e. The monoisotopic (exact) mass is 328 g/mol. The van der Waals surface area contributed by atoms with Crippen molar-refractivity contribution in [2.24, 2.45) is 0 Å². The molecule has 82 valence electrons. The van der Waals surface area contributed by atoms with Crippen LogP contribution < -0.4 is 0 Å². The number of rotatable bonds is 2. The molecule has 0 bridgehead atoms. The number of carboxylic acid groups (broad SMARTS) is 1. The number of nitrogens with one attached hydrogen (secondary N) is 1. The summed E-state index contributed by atoms with van der Waals surface area (Å²) in [7, 11) is 0. The van der Waals surface area contributed by atoms with Crippen molar-refractivity contribution in [2.45, 2.75) is 6.92 Å². The Balaban J connectivity index is 2.53. The molecule has 0 atom stereocenters. The quantitative estimate of drug-likeness (QED) is 0.833. The molecule has 0 aliphatic heterocycles. The van der Waals surface area contributed by atoms with Gasteiger partial charge in [-0.2, -0.15) is 5.10 Å². The number of halogens is 1. The predicted octanol–water partition coefficient (Wildman–Crippen LogP) is 2.69. The zero-order valence-corrected chi connectivity index (χ0v) is 10.6. The average molecular weight is 328 g/mol. The summed E-state index contributed by atoms with van der Waals surface area (Å²) in [5, 5.41) is 15.5. The third-order valence-corrected chi connectivity index (χ3v) is 2.99. The Morgan fingerprint density at radius 2 is 2.25 bits per heavy atom. The summed E-state index contributed by atoms with van der Waals surface area (Å²) in [6.07, 6.45) is 0. The van der Waals surface area contributed by atoms with Gasteiger partial charge in [-0.15, -0.1) is 0 Å². The van der Waals surface area contributed by atoms with Gasteiger partial charge in [-0.05, 0) is 41.6 Å². The number of benzene rings is 1. The van der Waals surface area contributed by atoms with Crippen molar-refractivity contribution >= 4 is 28.6 Å². The first-order valence-corrected chi connectivity index (χ1v) is 5.71. The molecular formula is C11H9IN2O2. The highest BCUT2D eigenvalue weighted by molar-refractivity contribution is 14.1. The van der Waals surface area contributed by atoms with Crippen molar-refractivity contribution in [3.8, 4) is 11.3 Å². The predicted molar refractivity (Wildman–Crippen MR) is 68.4 cm³/mol. The molecule has 0 fully saturated rings. The van der Waals surface area contributed by atoms with E-state index in [2.05, 4.69) is 32.8 Å². The molecule has 0 spiro atoms. The van der Waals surface area contributed by atoms with Crippen LogP contribution in [-0.2, 0) is 0 Å². The summed E-state index contributed by atoms with van der Waals surface area (Å²) in [4.78, 5) is 10.9. The molecule has 0 aliphatic carbocycles. The first kappa shape index (κ1) is 11.1. The molecule has 4 nitrogen and oxygen atoms in total. The van der Waals surface area contributed by atoms with Gasteiger partial charge in [0.1, 0.15) is 5.69 Å². The van der Waals surface area contributed by atoms with Gasteiger partial charge >= 0.3 is 5.97 Å². The van der Waals surface area contributed by atoms with Crippen LogP contribution in [0.15, 0.2) is 24.3 Å². The van der Waals surface area contributed by atoms with E-state index in [1.165, 1.54) is 0 Å². The fourth-order valence-electron chi connectivity index (χ4n) is 1.52. The zero-order valence-electron chi connectivity index (χ0n) is 8.49. The normalized spacial score (nSPS) is 10.4. The Kier molecular flexibility index (Phi) is 2.95. The largest absolute Gasteiger partial charge is 0.477 e. The second-order valence-electron chi connectivity index (χ2n) is 3.39. The summed E-state index contributed by atoms with van der Waals surface area (Å²) in [6, 6.07) is 7.78. The van der Waals surface area contributed by atoms with Crippen LogP contribution in [0.5, 0.6) is 0 Å². The van der Waals surface area contributed by atoms with Crippen molar-refractivity contribution in [3.63, 3.8) is 0 Å². The van der Waals surface area contributed by atoms with Crippen molar-refractivity contribution < 1.29 is 9.90 Å². The second-order valence-corrected chi connectivity index (χ2v) is 4.63. The Morgan fingerprint density at radius 3 is 2.81 bits per heavy atom. The number of hydrogen-bond acceptors (Lipinski definition) is 2. The molecule has 5 heteroatoms.